The summed E-state index contributed by atoms with van der Waals surface area (Å²) in [5.74, 6) is 2.09. The second-order valence-corrected chi connectivity index (χ2v) is 17.1. The average molecular weight is 695 g/mol. The molecule has 2 aromatic rings. The number of likely N-dealkylation sites (tertiary alicyclic amines) is 1. The van der Waals surface area contributed by atoms with Gasteiger partial charge in [0, 0.05) is 46.6 Å². The van der Waals surface area contributed by atoms with E-state index in [0.717, 1.165) is 37.4 Å². The number of rotatable bonds is 3. The van der Waals surface area contributed by atoms with Gasteiger partial charge in [0.15, 0.2) is 0 Å². The fraction of sp³-hybridized carbons (Fsp3) is 0.388. The Balaban J connectivity index is 0.999. The molecule has 3 aliphatic heterocycles. The first-order valence-electron chi connectivity index (χ1n) is 20.6. The molecular weight excluding hydrogens is 645 g/mol. The summed E-state index contributed by atoms with van der Waals surface area (Å²) in [7, 11) is 0. The number of hydrogen-bond acceptors (Lipinski definition) is 4. The molecule has 0 spiro atoms. The third kappa shape index (κ3) is 4.93. The molecule has 3 heterocycles. The molecule has 8 atom stereocenters. The highest BCUT2D eigenvalue weighted by Gasteiger charge is 2.60. The maximum absolute atomic E-state index is 5.64. The molecule has 1 saturated heterocycles. The van der Waals surface area contributed by atoms with Crippen molar-refractivity contribution in [2.75, 3.05) is 4.90 Å². The molecule has 0 radical (unpaired) electrons. The molecule has 6 aliphatic carbocycles. The predicted molar refractivity (Wildman–Crippen MR) is 219 cm³/mol. The van der Waals surface area contributed by atoms with E-state index in [1.165, 1.54) is 72.2 Å². The van der Waals surface area contributed by atoms with Crippen molar-refractivity contribution in [3.05, 3.63) is 155 Å². The van der Waals surface area contributed by atoms with Crippen molar-refractivity contribution >= 4 is 22.9 Å². The Bertz CT molecular complexity index is 2170. The van der Waals surface area contributed by atoms with Crippen molar-refractivity contribution in [2.24, 2.45) is 27.2 Å². The molecule has 0 aromatic heterocycles. The number of anilines is 1. The Hall–Kier alpha value is -4.70. The summed E-state index contributed by atoms with van der Waals surface area (Å²) in [5, 5.41) is 0. The van der Waals surface area contributed by atoms with Gasteiger partial charge >= 0.3 is 0 Å². The van der Waals surface area contributed by atoms with Crippen molar-refractivity contribution in [2.45, 2.75) is 101 Å². The van der Waals surface area contributed by atoms with Gasteiger partial charge in [-0.1, -0.05) is 115 Å². The van der Waals surface area contributed by atoms with E-state index in [2.05, 4.69) is 138 Å². The molecular formula is C49H50N4. The summed E-state index contributed by atoms with van der Waals surface area (Å²) in [6.07, 6.45) is 40.1. The Morgan fingerprint density at radius 2 is 1.70 bits per heavy atom. The van der Waals surface area contributed by atoms with E-state index in [9.17, 15) is 0 Å². The fourth-order valence-electron chi connectivity index (χ4n) is 12.1. The van der Waals surface area contributed by atoms with Crippen LogP contribution in [0.25, 0.3) is 5.57 Å². The van der Waals surface area contributed by atoms with Gasteiger partial charge in [0.2, 0.25) is 5.96 Å². The maximum atomic E-state index is 5.64. The molecule has 4 heteroatoms. The van der Waals surface area contributed by atoms with Crippen LogP contribution in [0.2, 0.25) is 0 Å². The molecule has 4 nitrogen and oxygen atoms in total. The van der Waals surface area contributed by atoms with Crippen LogP contribution < -0.4 is 4.90 Å². The van der Waals surface area contributed by atoms with E-state index in [-0.39, 0.29) is 17.4 Å². The van der Waals surface area contributed by atoms with Crippen molar-refractivity contribution in [1.82, 2.24) is 4.90 Å². The van der Waals surface area contributed by atoms with Gasteiger partial charge in [0.25, 0.3) is 0 Å². The minimum Gasteiger partial charge on any atom is -0.334 e. The Kier molecular flexibility index (Phi) is 7.46. The highest BCUT2D eigenvalue weighted by Crippen LogP contribution is 2.62. The van der Waals surface area contributed by atoms with Gasteiger partial charge in [-0.15, -0.1) is 0 Å². The normalized spacial score (nSPS) is 34.7. The van der Waals surface area contributed by atoms with Crippen molar-refractivity contribution in [3.8, 4) is 0 Å². The molecule has 1 fully saturated rings. The number of allylic oxidation sites excluding steroid dienone is 10. The van der Waals surface area contributed by atoms with Crippen LogP contribution in [0.1, 0.15) is 99.8 Å². The lowest BCUT2D eigenvalue weighted by Gasteiger charge is -2.44. The van der Waals surface area contributed by atoms with Crippen LogP contribution in [0.3, 0.4) is 0 Å². The molecule has 2 aromatic carbocycles. The Labute approximate surface area is 315 Å². The van der Waals surface area contributed by atoms with E-state index in [1.807, 2.05) is 5.57 Å². The molecule has 11 rings (SSSR count). The molecule has 0 amide bonds. The zero-order chi connectivity index (χ0) is 35.1. The van der Waals surface area contributed by atoms with Crippen molar-refractivity contribution in [3.63, 3.8) is 0 Å². The van der Waals surface area contributed by atoms with E-state index in [1.54, 1.807) is 5.57 Å². The lowest BCUT2D eigenvalue weighted by Crippen LogP contribution is -2.46. The highest BCUT2D eigenvalue weighted by atomic mass is 15.4. The van der Waals surface area contributed by atoms with Gasteiger partial charge in [-0.05, 0) is 111 Å². The number of nitrogens with zero attached hydrogens (tertiary/aromatic N) is 4. The molecule has 53 heavy (non-hydrogen) atoms. The lowest BCUT2D eigenvalue weighted by atomic mass is 9.59. The zero-order valence-electron chi connectivity index (χ0n) is 30.9. The Morgan fingerprint density at radius 1 is 0.830 bits per heavy atom. The smallest absolute Gasteiger partial charge is 0.222 e. The average Bonchev–Trinajstić information content (AvgIpc) is 3.69. The first-order chi connectivity index (χ1) is 26.2. The molecule has 0 saturated carbocycles. The number of fused-ring (bicyclic) bond motifs is 8. The molecule has 8 unspecified atom stereocenters. The van der Waals surface area contributed by atoms with Crippen LogP contribution in [0.15, 0.2) is 148 Å². The third-order valence-corrected chi connectivity index (χ3v) is 14.4. The summed E-state index contributed by atoms with van der Waals surface area (Å²) >= 11 is 0. The lowest BCUT2D eigenvalue weighted by molar-refractivity contribution is 0.191. The largest absolute Gasteiger partial charge is 0.334 e. The van der Waals surface area contributed by atoms with Gasteiger partial charge in [-0.3, -0.25) is 0 Å². The van der Waals surface area contributed by atoms with Crippen molar-refractivity contribution < 1.29 is 0 Å². The third-order valence-electron chi connectivity index (χ3n) is 14.4. The van der Waals surface area contributed by atoms with Crippen LogP contribution in [-0.2, 0) is 0 Å². The number of hydrogen-bond donors (Lipinski definition) is 0. The fourth-order valence-corrected chi connectivity index (χ4v) is 12.1. The number of benzene rings is 2. The predicted octanol–water partition coefficient (Wildman–Crippen LogP) is 11.1. The molecule has 266 valence electrons. The van der Waals surface area contributed by atoms with Crippen LogP contribution >= 0.6 is 0 Å². The summed E-state index contributed by atoms with van der Waals surface area (Å²) < 4.78 is 0. The number of guanidine groups is 1. The number of aliphatic imine (C=N–C) groups is 2. The second kappa shape index (κ2) is 12.4. The molecule has 9 aliphatic rings. The summed E-state index contributed by atoms with van der Waals surface area (Å²) in [5.41, 5.74) is 13.3. The van der Waals surface area contributed by atoms with Crippen LogP contribution in [-0.4, -0.2) is 34.7 Å². The van der Waals surface area contributed by atoms with Gasteiger partial charge in [-0.2, -0.15) is 0 Å². The van der Waals surface area contributed by atoms with Crippen LogP contribution in [0.5, 0.6) is 0 Å². The van der Waals surface area contributed by atoms with E-state index < -0.39 is 0 Å². The minimum absolute atomic E-state index is 0.0475. The van der Waals surface area contributed by atoms with Crippen molar-refractivity contribution in [1.29, 1.82) is 0 Å². The monoisotopic (exact) mass is 694 g/mol. The first-order valence-corrected chi connectivity index (χ1v) is 20.6. The summed E-state index contributed by atoms with van der Waals surface area (Å²) in [4.78, 5) is 16.5. The van der Waals surface area contributed by atoms with Gasteiger partial charge in [0.1, 0.15) is 0 Å². The maximum Gasteiger partial charge on any atom is 0.222 e. The van der Waals surface area contributed by atoms with Gasteiger partial charge in [0.05, 0.1) is 17.8 Å². The summed E-state index contributed by atoms with van der Waals surface area (Å²) in [6.45, 7) is 2.66. The second-order valence-electron chi connectivity index (χ2n) is 17.1. The van der Waals surface area contributed by atoms with Gasteiger partial charge < -0.3 is 9.80 Å². The first kappa shape index (κ1) is 31.8. The van der Waals surface area contributed by atoms with Crippen LogP contribution in [0.4, 0.5) is 5.69 Å². The topological polar surface area (TPSA) is 31.2 Å². The van der Waals surface area contributed by atoms with E-state index in [4.69, 9.17) is 9.98 Å². The minimum atomic E-state index is 0.0475. The van der Waals surface area contributed by atoms with E-state index in [0.29, 0.717) is 30.0 Å². The van der Waals surface area contributed by atoms with Gasteiger partial charge in [-0.25, -0.2) is 9.98 Å². The van der Waals surface area contributed by atoms with Crippen LogP contribution in [0, 0.1) is 17.3 Å². The zero-order valence-corrected chi connectivity index (χ0v) is 30.9. The highest BCUT2D eigenvalue weighted by molar-refractivity contribution is 6.08. The SMILES string of the molecule is CC12CC(c3ccc4c(c3)C3C=CC=CC3N4C3=CCCC=C3)=CCC1N(C1=NC(c3ccccc3)C3C=CC=CC3=N1)C1CCC3=C(CCCC3)C12. The molecule has 0 N–H and O–H groups in total. The van der Waals surface area contributed by atoms with E-state index >= 15 is 0 Å². The summed E-state index contributed by atoms with van der Waals surface area (Å²) in [6, 6.07) is 19.6. The standard InChI is InChI=1S/C49H50N4/c1-49-31-35(34-25-27-43-40(30-34)38-20-11-13-23-42(38)52(43)36-17-6-3-7-18-36)26-29-45(49)53(44-28-24-32-14-8-9-19-37(32)46(44)49)48-50-41-22-12-10-21-39(41)47(51-48)33-15-4-2-5-16-33/h2,4-6,10-13,15-18,20-23,25-27,30,38-39,42,44-47H,3,7-9,14,19,24,28-29,31H2,1H3. The quantitative estimate of drug-likeness (QED) is 0.300. The Morgan fingerprint density at radius 3 is 2.60 bits per heavy atom. The molecule has 0 bridgehead atoms.